The molecule has 3 rings (SSSR count). The summed E-state index contributed by atoms with van der Waals surface area (Å²) >= 11 is 0. The van der Waals surface area contributed by atoms with Crippen LogP contribution in [0, 0.1) is 17.1 Å². The summed E-state index contributed by atoms with van der Waals surface area (Å²) in [6.45, 7) is 7.07. The molecule has 0 atom stereocenters. The molecule has 0 radical (unpaired) electrons. The van der Waals surface area contributed by atoms with Crippen LogP contribution in [-0.2, 0) is 20.8 Å². The van der Waals surface area contributed by atoms with E-state index in [0.717, 1.165) is 5.56 Å². The third-order valence-corrected chi connectivity index (χ3v) is 5.28. The van der Waals surface area contributed by atoms with E-state index < -0.39 is 23.8 Å². The molecule has 0 spiro atoms. The Balaban J connectivity index is 1.51. The zero-order valence-electron chi connectivity index (χ0n) is 20.5. The first kappa shape index (κ1) is 26.4. The zero-order chi connectivity index (χ0) is 25.4. The second kappa shape index (κ2) is 12.0. The first-order valence-electron chi connectivity index (χ1n) is 11.5. The number of nitriles is 1. The van der Waals surface area contributed by atoms with E-state index >= 15 is 4.39 Å². The molecule has 2 aromatic rings. The average Bonchev–Trinajstić information content (AvgIpc) is 2.82. The van der Waals surface area contributed by atoms with Crippen LogP contribution in [0.3, 0.4) is 0 Å². The van der Waals surface area contributed by atoms with Gasteiger partial charge >= 0.3 is 6.09 Å². The van der Waals surface area contributed by atoms with Crippen LogP contribution >= 0.6 is 0 Å². The molecule has 1 amide bonds. The van der Waals surface area contributed by atoms with Crippen molar-refractivity contribution in [2.24, 2.45) is 0 Å². The van der Waals surface area contributed by atoms with Crippen LogP contribution in [0.25, 0.3) is 11.1 Å². The molecule has 0 bridgehead atoms. The molecule has 2 aromatic carbocycles. The van der Waals surface area contributed by atoms with Crippen molar-refractivity contribution in [1.82, 2.24) is 10.6 Å². The van der Waals surface area contributed by atoms with Crippen LogP contribution in [0.2, 0.25) is 0 Å². The zero-order valence-corrected chi connectivity index (χ0v) is 20.5. The van der Waals surface area contributed by atoms with E-state index in [1.807, 2.05) is 6.07 Å². The highest BCUT2D eigenvalue weighted by Gasteiger charge is 2.25. The highest BCUT2D eigenvalue weighted by atomic mass is 19.1. The Bertz CT molecular complexity index is 1040. The summed E-state index contributed by atoms with van der Waals surface area (Å²) in [7, 11) is 1.43. The van der Waals surface area contributed by atoms with Crippen molar-refractivity contribution in [3.05, 3.63) is 53.3 Å². The van der Waals surface area contributed by atoms with Gasteiger partial charge < -0.3 is 29.6 Å². The molecule has 1 aliphatic rings. The van der Waals surface area contributed by atoms with Crippen LogP contribution < -0.4 is 15.4 Å². The van der Waals surface area contributed by atoms with E-state index in [-0.39, 0.29) is 11.8 Å². The Morgan fingerprint density at radius 1 is 1.17 bits per heavy atom. The van der Waals surface area contributed by atoms with Crippen LogP contribution in [0.4, 0.5) is 9.18 Å². The molecule has 0 unspecified atom stereocenters. The van der Waals surface area contributed by atoms with Gasteiger partial charge in [0.15, 0.2) is 17.9 Å². The number of hydrogen-bond donors (Lipinski definition) is 2. The first-order valence-corrected chi connectivity index (χ1v) is 11.5. The molecule has 0 saturated carbocycles. The van der Waals surface area contributed by atoms with Gasteiger partial charge in [-0.2, -0.15) is 5.26 Å². The molecule has 9 heteroatoms. The number of hydrogen-bond acceptors (Lipinski definition) is 7. The van der Waals surface area contributed by atoms with Gasteiger partial charge in [0.2, 0.25) is 0 Å². The number of amides is 1. The molecule has 1 saturated heterocycles. The molecule has 1 heterocycles. The van der Waals surface area contributed by atoms with Crippen molar-refractivity contribution >= 4 is 6.09 Å². The van der Waals surface area contributed by atoms with Crippen molar-refractivity contribution in [1.29, 1.82) is 5.26 Å². The molecule has 8 nitrogen and oxygen atoms in total. The maximum atomic E-state index is 15.1. The van der Waals surface area contributed by atoms with Gasteiger partial charge in [0.05, 0.1) is 38.0 Å². The van der Waals surface area contributed by atoms with Crippen LogP contribution in [0.5, 0.6) is 5.75 Å². The lowest BCUT2D eigenvalue weighted by Gasteiger charge is -2.30. The monoisotopic (exact) mass is 485 g/mol. The Labute approximate surface area is 205 Å². The first-order chi connectivity index (χ1) is 16.7. The Hall–Kier alpha value is -3.19. The fourth-order valence-electron chi connectivity index (χ4n) is 3.64. The maximum Gasteiger partial charge on any atom is 0.408 e. The maximum absolute atomic E-state index is 15.1. The van der Waals surface area contributed by atoms with Gasteiger partial charge in [0.25, 0.3) is 0 Å². The van der Waals surface area contributed by atoms with E-state index in [0.29, 0.717) is 49.4 Å². The topological polar surface area (TPSA) is 102 Å². The van der Waals surface area contributed by atoms with Crippen molar-refractivity contribution < 1.29 is 28.1 Å². The van der Waals surface area contributed by atoms with Gasteiger partial charge in [-0.1, -0.05) is 18.2 Å². The third-order valence-electron chi connectivity index (χ3n) is 5.28. The number of nitrogens with one attached hydrogen (secondary N) is 2. The molecular weight excluding hydrogens is 453 g/mol. The summed E-state index contributed by atoms with van der Waals surface area (Å²) in [4.78, 5) is 11.9. The van der Waals surface area contributed by atoms with Gasteiger partial charge in [-0.25, -0.2) is 9.18 Å². The second-order valence-corrected chi connectivity index (χ2v) is 9.21. The minimum absolute atomic E-state index is 0.159. The normalized spacial score (nSPS) is 17.9. The van der Waals surface area contributed by atoms with Crippen LogP contribution in [-0.4, -0.2) is 50.9 Å². The van der Waals surface area contributed by atoms with Gasteiger partial charge in [-0.3, -0.25) is 0 Å². The Morgan fingerprint density at radius 2 is 1.86 bits per heavy atom. The van der Waals surface area contributed by atoms with E-state index in [9.17, 15) is 4.79 Å². The number of ether oxygens (including phenoxy) is 4. The molecule has 0 aromatic heterocycles. The van der Waals surface area contributed by atoms with Crippen molar-refractivity contribution in [3.8, 4) is 22.9 Å². The van der Waals surface area contributed by atoms with Gasteiger partial charge in [-0.15, -0.1) is 0 Å². The predicted octanol–water partition coefficient (Wildman–Crippen LogP) is 4.12. The van der Waals surface area contributed by atoms with E-state index in [1.165, 1.54) is 7.11 Å². The molecule has 0 aliphatic carbocycles. The number of rotatable bonds is 8. The summed E-state index contributed by atoms with van der Waals surface area (Å²) in [5, 5.41) is 15.1. The fraction of sp³-hybridized carbons (Fsp3) is 0.462. The number of carbonyl (C=O) groups is 1. The van der Waals surface area contributed by atoms with Crippen LogP contribution in [0.1, 0.15) is 38.3 Å². The third kappa shape index (κ3) is 7.65. The summed E-state index contributed by atoms with van der Waals surface area (Å²) in [5.74, 6) is -0.286. The quantitative estimate of drug-likeness (QED) is 0.543. The number of benzene rings is 2. The molecule has 188 valence electrons. The van der Waals surface area contributed by atoms with E-state index in [1.54, 1.807) is 51.1 Å². The largest absolute Gasteiger partial charge is 0.494 e. The summed E-state index contributed by atoms with van der Waals surface area (Å²) in [5.41, 5.74) is 1.80. The fourth-order valence-corrected chi connectivity index (χ4v) is 3.64. The summed E-state index contributed by atoms with van der Waals surface area (Å²) in [6, 6.07) is 12.0. The minimum Gasteiger partial charge on any atom is -0.494 e. The van der Waals surface area contributed by atoms with Crippen molar-refractivity contribution in [2.75, 3.05) is 26.9 Å². The van der Waals surface area contributed by atoms with Gasteiger partial charge in [0.1, 0.15) is 5.60 Å². The molecule has 1 fully saturated rings. The smallest absolute Gasteiger partial charge is 0.408 e. The summed E-state index contributed by atoms with van der Waals surface area (Å²) < 4.78 is 36.9. The molecule has 2 N–H and O–H groups in total. The van der Waals surface area contributed by atoms with Crippen molar-refractivity contribution in [2.45, 2.75) is 51.7 Å². The van der Waals surface area contributed by atoms with Crippen molar-refractivity contribution in [3.63, 3.8) is 0 Å². The van der Waals surface area contributed by atoms with Gasteiger partial charge in [-0.05, 0) is 50.1 Å². The predicted molar refractivity (Wildman–Crippen MR) is 128 cm³/mol. The SMILES string of the molecule is COc1ccc(CNCCC2OCC(NC(=O)OC(C)(C)C)CO2)c(-c2ccc(C#N)cc2)c1F. The Kier molecular flexibility index (Phi) is 9.04. The van der Waals surface area contributed by atoms with Crippen LogP contribution in [0.15, 0.2) is 36.4 Å². The lowest BCUT2D eigenvalue weighted by Crippen LogP contribution is -2.48. The minimum atomic E-state index is -0.568. The number of carbonyl (C=O) groups excluding carboxylic acids is 1. The highest BCUT2D eigenvalue weighted by Crippen LogP contribution is 2.33. The number of nitrogens with zero attached hydrogens (tertiary/aromatic N) is 1. The molecular formula is C26H32FN3O5. The number of halogens is 1. The summed E-state index contributed by atoms with van der Waals surface area (Å²) in [6.07, 6.45) is -0.311. The molecule has 1 aliphatic heterocycles. The second-order valence-electron chi connectivity index (χ2n) is 9.21. The standard InChI is InChI=1S/C26H32FN3O5/c1-26(2,3)35-25(31)30-20-15-33-22(34-16-20)11-12-29-14-19-9-10-21(32-4)24(27)23(19)18-7-5-17(13-28)6-8-18/h5-10,20,22,29H,11-12,14-16H2,1-4H3,(H,30,31). The Morgan fingerprint density at radius 3 is 2.46 bits per heavy atom. The number of methoxy groups -OCH3 is 1. The number of alkyl carbamates (subject to hydrolysis) is 1. The average molecular weight is 486 g/mol. The lowest BCUT2D eigenvalue weighted by atomic mass is 9.97. The van der Waals surface area contributed by atoms with E-state index in [4.69, 9.17) is 24.2 Å². The van der Waals surface area contributed by atoms with E-state index in [2.05, 4.69) is 16.7 Å². The molecule has 35 heavy (non-hydrogen) atoms. The lowest BCUT2D eigenvalue weighted by molar-refractivity contribution is -0.190. The van der Waals surface area contributed by atoms with Gasteiger partial charge in [0, 0.05) is 25.1 Å². The highest BCUT2D eigenvalue weighted by molar-refractivity contribution is 5.70.